The Morgan fingerprint density at radius 2 is 2.00 bits per heavy atom. The highest BCUT2D eigenvalue weighted by atomic mass is 32.2. The van der Waals surface area contributed by atoms with E-state index >= 15 is 0 Å². The van der Waals surface area contributed by atoms with Gasteiger partial charge in [-0.15, -0.1) is 0 Å². The maximum Gasteiger partial charge on any atom is 0.407 e. The van der Waals surface area contributed by atoms with E-state index in [4.69, 9.17) is 5.11 Å². The van der Waals surface area contributed by atoms with Crippen molar-refractivity contribution in [1.82, 2.24) is 4.90 Å². The van der Waals surface area contributed by atoms with Crippen molar-refractivity contribution in [3.63, 3.8) is 0 Å². The van der Waals surface area contributed by atoms with Gasteiger partial charge in [0, 0.05) is 13.1 Å². The fourth-order valence-corrected chi connectivity index (χ4v) is 3.52. The largest absolute Gasteiger partial charge is 0.465 e. The predicted molar refractivity (Wildman–Crippen MR) is 40.7 cm³/mol. The van der Waals surface area contributed by atoms with Crippen molar-refractivity contribution in [3.05, 3.63) is 0 Å². The van der Waals surface area contributed by atoms with Crippen LogP contribution in [0.3, 0.4) is 0 Å². The minimum atomic E-state index is -2.96. The molecule has 0 radical (unpaired) electrons. The molecule has 0 aromatic rings. The molecule has 1 N–H and O–H groups in total. The molecular weight excluding hydrogens is 182 g/mol. The summed E-state index contributed by atoms with van der Waals surface area (Å²) in [7, 11) is -2.96. The number of hydrogen-bond donors (Lipinski definition) is 1. The molecule has 2 aliphatic rings. The van der Waals surface area contributed by atoms with Crippen molar-refractivity contribution >= 4 is 15.9 Å². The molecule has 0 unspecified atom stereocenters. The normalized spacial score (nSPS) is 29.2. The lowest BCUT2D eigenvalue weighted by Gasteiger charge is -2.53. The Morgan fingerprint density at radius 1 is 1.42 bits per heavy atom. The summed E-state index contributed by atoms with van der Waals surface area (Å²) < 4.78 is 21.7. The molecule has 0 bridgehead atoms. The molecular formula is C6H9NO4S. The molecule has 0 aromatic carbocycles. The van der Waals surface area contributed by atoms with E-state index in [1.807, 2.05) is 0 Å². The van der Waals surface area contributed by atoms with Gasteiger partial charge in [0.25, 0.3) is 0 Å². The van der Waals surface area contributed by atoms with Crippen LogP contribution in [-0.2, 0) is 9.84 Å². The van der Waals surface area contributed by atoms with Crippen LogP contribution in [-0.4, -0.2) is 48.1 Å². The maximum atomic E-state index is 11.2. The molecule has 1 amide bonds. The summed E-state index contributed by atoms with van der Waals surface area (Å²) in [6.07, 6.45) is -0.401. The summed E-state index contributed by atoms with van der Waals surface area (Å²) in [6.45, 7) is 0.343. The standard InChI is InChI=1S/C6H9NO4S/c8-5(9)7-3-6(4-7)1-2-12(6,10)11/h1-4H2,(H,8,9). The zero-order valence-corrected chi connectivity index (χ0v) is 7.17. The van der Waals surface area contributed by atoms with Gasteiger partial charge >= 0.3 is 6.09 Å². The fourth-order valence-electron chi connectivity index (χ4n) is 1.70. The van der Waals surface area contributed by atoms with E-state index in [9.17, 15) is 13.2 Å². The average molecular weight is 191 g/mol. The zero-order valence-electron chi connectivity index (χ0n) is 6.36. The smallest absolute Gasteiger partial charge is 0.407 e. The van der Waals surface area contributed by atoms with E-state index in [1.165, 1.54) is 0 Å². The third-order valence-electron chi connectivity index (χ3n) is 2.71. The van der Waals surface area contributed by atoms with E-state index in [0.29, 0.717) is 6.42 Å². The van der Waals surface area contributed by atoms with Crippen molar-refractivity contribution < 1.29 is 18.3 Å². The summed E-state index contributed by atoms with van der Waals surface area (Å²) in [5, 5.41) is 8.49. The number of carboxylic acid groups (broad SMARTS) is 1. The monoisotopic (exact) mass is 191 g/mol. The van der Waals surface area contributed by atoms with E-state index < -0.39 is 20.7 Å². The first-order valence-electron chi connectivity index (χ1n) is 3.67. The average Bonchev–Trinajstić information content (AvgIpc) is 1.81. The van der Waals surface area contributed by atoms with Crippen LogP contribution in [0.1, 0.15) is 6.42 Å². The quantitative estimate of drug-likeness (QED) is 0.562. The second kappa shape index (κ2) is 1.93. The Bertz CT molecular complexity index is 327. The molecule has 0 aliphatic carbocycles. The van der Waals surface area contributed by atoms with E-state index in [-0.39, 0.29) is 18.8 Å². The van der Waals surface area contributed by atoms with Gasteiger partial charge in [-0.05, 0) is 6.42 Å². The van der Waals surface area contributed by atoms with Gasteiger partial charge < -0.3 is 10.0 Å². The highest BCUT2D eigenvalue weighted by molar-refractivity contribution is 7.94. The Labute approximate surface area is 69.9 Å². The topological polar surface area (TPSA) is 74.7 Å². The highest BCUT2D eigenvalue weighted by Crippen LogP contribution is 2.41. The summed E-state index contributed by atoms with van der Waals surface area (Å²) in [5.74, 6) is 0.223. The first kappa shape index (κ1) is 7.85. The van der Waals surface area contributed by atoms with E-state index in [2.05, 4.69) is 0 Å². The van der Waals surface area contributed by atoms with Crippen molar-refractivity contribution in [3.8, 4) is 0 Å². The van der Waals surface area contributed by atoms with Crippen molar-refractivity contribution in [2.75, 3.05) is 18.8 Å². The van der Waals surface area contributed by atoms with Crippen molar-refractivity contribution in [1.29, 1.82) is 0 Å². The first-order chi connectivity index (χ1) is 5.47. The lowest BCUT2D eigenvalue weighted by molar-refractivity contribution is 0.0853. The van der Waals surface area contributed by atoms with Crippen LogP contribution in [0.15, 0.2) is 0 Å². The number of carbonyl (C=O) groups is 1. The molecule has 12 heavy (non-hydrogen) atoms. The van der Waals surface area contributed by atoms with Gasteiger partial charge in [-0.2, -0.15) is 0 Å². The number of hydrogen-bond acceptors (Lipinski definition) is 3. The van der Waals surface area contributed by atoms with E-state index in [0.717, 1.165) is 4.90 Å². The second-order valence-corrected chi connectivity index (χ2v) is 5.89. The molecule has 0 aromatic heterocycles. The number of sulfone groups is 1. The van der Waals surface area contributed by atoms with Gasteiger partial charge in [-0.1, -0.05) is 0 Å². The van der Waals surface area contributed by atoms with Gasteiger partial charge in [0.05, 0.1) is 5.75 Å². The fraction of sp³-hybridized carbons (Fsp3) is 0.833. The molecule has 2 rings (SSSR count). The van der Waals surface area contributed by atoms with Crippen LogP contribution in [0.2, 0.25) is 0 Å². The molecule has 2 aliphatic heterocycles. The minimum absolute atomic E-state index is 0.171. The number of rotatable bonds is 0. The second-order valence-electron chi connectivity index (χ2n) is 3.39. The Morgan fingerprint density at radius 3 is 2.25 bits per heavy atom. The first-order valence-corrected chi connectivity index (χ1v) is 5.32. The molecule has 1 spiro atoms. The zero-order chi connectivity index (χ0) is 8.98. The lowest BCUT2D eigenvalue weighted by Crippen LogP contribution is -2.72. The summed E-state index contributed by atoms with van der Waals surface area (Å²) >= 11 is 0. The molecule has 6 heteroatoms. The Kier molecular flexibility index (Phi) is 1.26. The highest BCUT2D eigenvalue weighted by Gasteiger charge is 2.60. The predicted octanol–water partition coefficient (Wildman–Crippen LogP) is -0.463. The number of likely N-dealkylation sites (tertiary alicyclic amines) is 1. The van der Waals surface area contributed by atoms with Gasteiger partial charge in [0.1, 0.15) is 4.75 Å². The number of nitrogens with zero attached hydrogens (tertiary/aromatic N) is 1. The van der Waals surface area contributed by atoms with E-state index in [1.54, 1.807) is 0 Å². The van der Waals surface area contributed by atoms with Gasteiger partial charge in [-0.25, -0.2) is 13.2 Å². The molecule has 0 atom stereocenters. The molecule has 68 valence electrons. The van der Waals surface area contributed by atoms with Crippen LogP contribution >= 0.6 is 0 Å². The van der Waals surface area contributed by atoms with Crippen molar-refractivity contribution in [2.24, 2.45) is 0 Å². The Balaban J connectivity index is 2.09. The third-order valence-corrected chi connectivity index (χ3v) is 5.24. The maximum absolute atomic E-state index is 11.2. The lowest BCUT2D eigenvalue weighted by atomic mass is 9.95. The van der Waals surface area contributed by atoms with Crippen LogP contribution in [0.25, 0.3) is 0 Å². The summed E-state index contributed by atoms with van der Waals surface area (Å²) in [4.78, 5) is 11.5. The minimum Gasteiger partial charge on any atom is -0.465 e. The summed E-state index contributed by atoms with van der Waals surface area (Å²) in [6, 6.07) is 0. The van der Waals surface area contributed by atoms with Crippen LogP contribution in [0.4, 0.5) is 4.79 Å². The van der Waals surface area contributed by atoms with Crippen LogP contribution in [0.5, 0.6) is 0 Å². The molecule has 2 heterocycles. The van der Waals surface area contributed by atoms with Gasteiger partial charge in [-0.3, -0.25) is 0 Å². The van der Waals surface area contributed by atoms with Gasteiger partial charge in [0.15, 0.2) is 9.84 Å². The number of amides is 1. The molecule has 2 fully saturated rings. The Hall–Kier alpha value is -0.780. The summed E-state index contributed by atoms with van der Waals surface area (Å²) in [5.41, 5.74) is 0. The van der Waals surface area contributed by atoms with Crippen LogP contribution < -0.4 is 0 Å². The third kappa shape index (κ3) is 0.730. The van der Waals surface area contributed by atoms with Crippen molar-refractivity contribution in [2.45, 2.75) is 11.2 Å². The molecule has 5 nitrogen and oxygen atoms in total. The van der Waals surface area contributed by atoms with Crippen LogP contribution in [0, 0.1) is 0 Å². The molecule has 0 saturated carbocycles. The van der Waals surface area contributed by atoms with Gasteiger partial charge in [0.2, 0.25) is 0 Å². The molecule has 2 saturated heterocycles. The SMILES string of the molecule is O=C(O)N1CC2(CCS2(=O)=O)C1.